The van der Waals surface area contributed by atoms with Crippen molar-refractivity contribution >= 4 is 49.2 Å². The normalized spacial score (nSPS) is 11.2. The van der Waals surface area contributed by atoms with E-state index in [1.165, 1.54) is 12.1 Å². The zero-order valence-corrected chi connectivity index (χ0v) is 15.0. The number of sulfonamides is 1. The maximum absolute atomic E-state index is 12.8. The minimum atomic E-state index is -3.87. The topological polar surface area (TPSA) is 74.7 Å². The van der Waals surface area contributed by atoms with Gasteiger partial charge in [0.1, 0.15) is 0 Å². The van der Waals surface area contributed by atoms with Gasteiger partial charge in [0.2, 0.25) is 0 Å². The number of carboxylic acids is 1. The lowest BCUT2D eigenvalue weighted by atomic mass is 10.3. The Hall–Kier alpha value is -1.57. The molecule has 8 heteroatoms. The van der Waals surface area contributed by atoms with Gasteiger partial charge in [0.05, 0.1) is 17.0 Å². The molecule has 122 valence electrons. The lowest BCUT2D eigenvalue weighted by Crippen LogP contribution is -2.33. The maximum Gasteiger partial charge on any atom is 0.305 e. The summed E-state index contributed by atoms with van der Waals surface area (Å²) >= 11 is 9.08. The second-order valence-corrected chi connectivity index (χ2v) is 7.87. The number of hydrogen-bond acceptors (Lipinski definition) is 3. The lowest BCUT2D eigenvalue weighted by molar-refractivity contribution is -0.136. The predicted molar refractivity (Wildman–Crippen MR) is 92.4 cm³/mol. The minimum Gasteiger partial charge on any atom is -0.481 e. The van der Waals surface area contributed by atoms with Gasteiger partial charge < -0.3 is 5.11 Å². The van der Waals surface area contributed by atoms with Gasteiger partial charge in [-0.1, -0.05) is 27.5 Å². The molecule has 0 bridgehead atoms. The van der Waals surface area contributed by atoms with Crippen LogP contribution in [0.2, 0.25) is 5.02 Å². The van der Waals surface area contributed by atoms with Crippen LogP contribution in [-0.2, 0) is 14.8 Å². The Labute approximate surface area is 147 Å². The van der Waals surface area contributed by atoms with Gasteiger partial charge in [-0.25, -0.2) is 8.42 Å². The van der Waals surface area contributed by atoms with Crippen LogP contribution < -0.4 is 4.31 Å². The van der Waals surface area contributed by atoms with Crippen LogP contribution in [0.25, 0.3) is 0 Å². The summed E-state index contributed by atoms with van der Waals surface area (Å²) < 4.78 is 27.5. The number of rotatable bonds is 6. The molecule has 0 unspecified atom stereocenters. The van der Waals surface area contributed by atoms with E-state index in [9.17, 15) is 13.2 Å². The first kappa shape index (κ1) is 17.8. The van der Waals surface area contributed by atoms with E-state index in [4.69, 9.17) is 16.7 Å². The molecule has 0 aliphatic rings. The molecule has 0 saturated heterocycles. The SMILES string of the molecule is O=C(O)CCN(c1ccc(Cl)cc1)S(=O)(=O)c1ccc(Br)cc1. The van der Waals surface area contributed by atoms with Crippen LogP contribution in [0, 0.1) is 0 Å². The highest BCUT2D eigenvalue weighted by Crippen LogP contribution is 2.26. The molecule has 0 aliphatic carbocycles. The van der Waals surface area contributed by atoms with Gasteiger partial charge in [0.25, 0.3) is 10.0 Å². The number of benzene rings is 2. The summed E-state index contributed by atoms with van der Waals surface area (Å²) in [4.78, 5) is 10.9. The van der Waals surface area contributed by atoms with Gasteiger partial charge in [0, 0.05) is 16.0 Å². The zero-order chi connectivity index (χ0) is 17.0. The summed E-state index contributed by atoms with van der Waals surface area (Å²) in [5.41, 5.74) is 0.360. The van der Waals surface area contributed by atoms with Gasteiger partial charge in [0.15, 0.2) is 0 Å². The van der Waals surface area contributed by atoms with E-state index in [1.807, 2.05) is 0 Å². The molecule has 5 nitrogen and oxygen atoms in total. The Balaban J connectivity index is 2.44. The van der Waals surface area contributed by atoms with Crippen LogP contribution in [0.3, 0.4) is 0 Å². The van der Waals surface area contributed by atoms with Gasteiger partial charge in [-0.2, -0.15) is 0 Å². The van der Waals surface area contributed by atoms with Crippen LogP contribution in [0.4, 0.5) is 5.69 Å². The smallest absolute Gasteiger partial charge is 0.305 e. The van der Waals surface area contributed by atoms with Crippen molar-refractivity contribution in [2.45, 2.75) is 11.3 Å². The van der Waals surface area contributed by atoms with Crippen LogP contribution in [0.15, 0.2) is 57.9 Å². The number of aliphatic carboxylic acids is 1. The average Bonchev–Trinajstić information content (AvgIpc) is 2.49. The van der Waals surface area contributed by atoms with E-state index in [1.54, 1.807) is 36.4 Å². The molecule has 0 amide bonds. The molecule has 2 aromatic carbocycles. The molecular formula is C15H13BrClNO4S. The van der Waals surface area contributed by atoms with Crippen LogP contribution in [-0.4, -0.2) is 26.0 Å². The van der Waals surface area contributed by atoms with Crippen molar-refractivity contribution in [3.63, 3.8) is 0 Å². The second kappa shape index (κ2) is 7.33. The number of carboxylic acid groups (broad SMARTS) is 1. The van der Waals surface area contributed by atoms with E-state index < -0.39 is 16.0 Å². The molecule has 0 aromatic heterocycles. The van der Waals surface area contributed by atoms with Gasteiger partial charge in [-0.3, -0.25) is 9.10 Å². The Bertz CT molecular complexity index is 791. The fourth-order valence-corrected chi connectivity index (χ4v) is 3.78. The highest BCUT2D eigenvalue weighted by atomic mass is 79.9. The summed E-state index contributed by atoms with van der Waals surface area (Å²) in [5.74, 6) is -1.07. The van der Waals surface area contributed by atoms with E-state index in [2.05, 4.69) is 15.9 Å². The molecule has 0 radical (unpaired) electrons. The number of nitrogens with zero attached hydrogens (tertiary/aromatic N) is 1. The molecule has 0 saturated carbocycles. The van der Waals surface area contributed by atoms with Gasteiger partial charge in [-0.05, 0) is 48.5 Å². The lowest BCUT2D eigenvalue weighted by Gasteiger charge is -2.24. The van der Waals surface area contributed by atoms with E-state index in [0.717, 1.165) is 8.78 Å². The summed E-state index contributed by atoms with van der Waals surface area (Å²) in [7, 11) is -3.87. The monoisotopic (exact) mass is 417 g/mol. The third-order valence-corrected chi connectivity index (χ3v) is 5.67. The van der Waals surface area contributed by atoms with Crippen molar-refractivity contribution in [3.05, 3.63) is 58.0 Å². The number of carbonyl (C=O) groups is 1. The minimum absolute atomic E-state index is 0.0843. The predicted octanol–water partition coefficient (Wildman–Crippen LogP) is 3.77. The first-order chi connectivity index (χ1) is 10.8. The number of anilines is 1. The third kappa shape index (κ3) is 4.46. The molecule has 23 heavy (non-hydrogen) atoms. The molecule has 0 fully saturated rings. The largest absolute Gasteiger partial charge is 0.481 e. The van der Waals surface area contributed by atoms with Crippen LogP contribution in [0.1, 0.15) is 6.42 Å². The van der Waals surface area contributed by atoms with E-state index in [0.29, 0.717) is 10.7 Å². The Kier molecular flexibility index (Phi) is 5.67. The van der Waals surface area contributed by atoms with Gasteiger partial charge in [-0.15, -0.1) is 0 Å². The van der Waals surface area contributed by atoms with E-state index in [-0.39, 0.29) is 17.9 Å². The number of halogens is 2. The first-order valence-electron chi connectivity index (χ1n) is 6.56. The van der Waals surface area contributed by atoms with Gasteiger partial charge >= 0.3 is 5.97 Å². The zero-order valence-electron chi connectivity index (χ0n) is 11.8. The standard InChI is InChI=1S/C15H13BrClNO4S/c16-11-1-7-14(8-2-11)23(21,22)18(10-9-15(19)20)13-5-3-12(17)4-6-13/h1-8H,9-10H2,(H,19,20). The molecule has 1 N–H and O–H groups in total. The summed E-state index contributed by atoms with van der Waals surface area (Å²) in [6.45, 7) is -0.171. The maximum atomic E-state index is 12.8. The molecule has 2 aromatic rings. The fourth-order valence-electron chi connectivity index (χ4n) is 1.93. The number of hydrogen-bond donors (Lipinski definition) is 1. The summed E-state index contributed by atoms with van der Waals surface area (Å²) in [6.07, 6.45) is -0.307. The Morgan fingerprint density at radius 2 is 1.65 bits per heavy atom. The molecule has 2 rings (SSSR count). The Morgan fingerprint density at radius 3 is 2.17 bits per heavy atom. The van der Waals surface area contributed by atoms with Crippen molar-refractivity contribution in [2.75, 3.05) is 10.8 Å². The van der Waals surface area contributed by atoms with Crippen molar-refractivity contribution in [2.24, 2.45) is 0 Å². The van der Waals surface area contributed by atoms with Crippen LogP contribution >= 0.6 is 27.5 Å². The summed E-state index contributed by atoms with van der Waals surface area (Å²) in [5, 5.41) is 9.34. The van der Waals surface area contributed by atoms with Crippen molar-refractivity contribution in [1.29, 1.82) is 0 Å². The quantitative estimate of drug-likeness (QED) is 0.775. The fraction of sp³-hybridized carbons (Fsp3) is 0.133. The molecule has 0 heterocycles. The van der Waals surface area contributed by atoms with Crippen molar-refractivity contribution in [1.82, 2.24) is 0 Å². The van der Waals surface area contributed by atoms with E-state index >= 15 is 0 Å². The molecule has 0 aliphatic heterocycles. The molecular weight excluding hydrogens is 406 g/mol. The average molecular weight is 419 g/mol. The molecule has 0 atom stereocenters. The first-order valence-corrected chi connectivity index (χ1v) is 9.17. The van der Waals surface area contributed by atoms with Crippen molar-refractivity contribution < 1.29 is 18.3 Å². The Morgan fingerprint density at radius 1 is 1.09 bits per heavy atom. The van der Waals surface area contributed by atoms with Crippen LogP contribution in [0.5, 0.6) is 0 Å². The van der Waals surface area contributed by atoms with Crippen molar-refractivity contribution in [3.8, 4) is 0 Å². The molecule has 0 spiro atoms. The highest BCUT2D eigenvalue weighted by molar-refractivity contribution is 9.10. The second-order valence-electron chi connectivity index (χ2n) is 4.65. The third-order valence-electron chi connectivity index (χ3n) is 3.05. The summed E-state index contributed by atoms with van der Waals surface area (Å²) in [6, 6.07) is 12.4. The highest BCUT2D eigenvalue weighted by Gasteiger charge is 2.25.